The van der Waals surface area contributed by atoms with Gasteiger partial charge in [0.25, 0.3) is 0 Å². The van der Waals surface area contributed by atoms with Crippen molar-refractivity contribution >= 4 is 0 Å². The molecule has 1 aromatic rings. The highest BCUT2D eigenvalue weighted by Gasteiger charge is 2.26. The fraction of sp³-hybridized carbons (Fsp3) is 0.571. The Labute approximate surface area is 121 Å². The van der Waals surface area contributed by atoms with Crippen LogP contribution in [0, 0.1) is 5.82 Å². The molecule has 0 unspecified atom stereocenters. The lowest BCUT2D eigenvalue weighted by molar-refractivity contribution is -0.136. The molecule has 3 nitrogen and oxygen atoms in total. The normalized spacial score (nSPS) is 11.7. The molecule has 0 radical (unpaired) electrons. The number of halogens is 4. The van der Waals surface area contributed by atoms with Crippen molar-refractivity contribution in [3.05, 3.63) is 29.6 Å². The smallest absolute Gasteiger partial charge is 0.389 e. The lowest BCUT2D eigenvalue weighted by atomic mass is 10.2. The Hall–Kier alpha value is -1.34. The fourth-order valence-electron chi connectivity index (χ4n) is 1.68. The number of nitrogens with one attached hydrogen (secondary N) is 1. The van der Waals surface area contributed by atoms with Crippen molar-refractivity contribution in [1.82, 2.24) is 5.32 Å². The summed E-state index contributed by atoms with van der Waals surface area (Å²) in [6.07, 6.45) is -5.20. The molecule has 0 saturated heterocycles. The fourth-order valence-corrected chi connectivity index (χ4v) is 1.68. The zero-order chi connectivity index (χ0) is 15.7. The maximum Gasteiger partial charge on any atom is 0.389 e. The number of methoxy groups -OCH3 is 1. The van der Waals surface area contributed by atoms with E-state index in [1.54, 1.807) is 7.11 Å². The van der Waals surface area contributed by atoms with Gasteiger partial charge in [-0.05, 0) is 24.6 Å². The van der Waals surface area contributed by atoms with Gasteiger partial charge in [-0.25, -0.2) is 4.39 Å². The minimum absolute atomic E-state index is 0.0593. The largest absolute Gasteiger partial charge is 0.493 e. The van der Waals surface area contributed by atoms with Crippen molar-refractivity contribution in [2.75, 3.05) is 26.9 Å². The molecule has 0 bridgehead atoms. The number of hydrogen-bond donors (Lipinski definition) is 1. The third kappa shape index (κ3) is 7.87. The van der Waals surface area contributed by atoms with E-state index in [0.29, 0.717) is 31.0 Å². The molecule has 0 aliphatic heterocycles. The maximum absolute atomic E-state index is 13.2. The molecule has 0 atom stereocenters. The summed E-state index contributed by atoms with van der Waals surface area (Å²) in [4.78, 5) is 0. The first-order chi connectivity index (χ1) is 9.92. The Morgan fingerprint density at radius 1 is 1.19 bits per heavy atom. The van der Waals surface area contributed by atoms with E-state index in [-0.39, 0.29) is 13.0 Å². The van der Waals surface area contributed by atoms with Crippen LogP contribution in [0.2, 0.25) is 0 Å². The van der Waals surface area contributed by atoms with Crippen LogP contribution in [0.1, 0.15) is 18.4 Å². The van der Waals surface area contributed by atoms with E-state index < -0.39 is 18.4 Å². The predicted molar refractivity (Wildman–Crippen MR) is 70.8 cm³/mol. The van der Waals surface area contributed by atoms with Crippen molar-refractivity contribution in [3.63, 3.8) is 0 Å². The second-order valence-corrected chi connectivity index (χ2v) is 4.49. The molecule has 0 amide bonds. The average molecular weight is 309 g/mol. The van der Waals surface area contributed by atoms with Gasteiger partial charge in [0.15, 0.2) is 0 Å². The highest BCUT2D eigenvalue weighted by Crippen LogP contribution is 2.23. The molecule has 120 valence electrons. The number of rotatable bonds is 9. The first-order valence-corrected chi connectivity index (χ1v) is 6.60. The summed E-state index contributed by atoms with van der Waals surface area (Å²) in [5, 5.41) is 3.03. The number of benzene rings is 1. The second-order valence-electron chi connectivity index (χ2n) is 4.49. The van der Waals surface area contributed by atoms with Crippen molar-refractivity contribution < 1.29 is 27.0 Å². The van der Waals surface area contributed by atoms with E-state index >= 15 is 0 Å². The molecular weight excluding hydrogens is 290 g/mol. The summed E-state index contributed by atoms with van der Waals surface area (Å²) in [6.45, 7) is 1.39. The van der Waals surface area contributed by atoms with Crippen LogP contribution in [-0.4, -0.2) is 33.0 Å². The third-order valence-corrected chi connectivity index (χ3v) is 2.68. The van der Waals surface area contributed by atoms with Gasteiger partial charge in [0.1, 0.15) is 11.6 Å². The molecule has 0 heterocycles. The molecule has 0 aliphatic rings. The highest BCUT2D eigenvalue weighted by atomic mass is 19.4. The summed E-state index contributed by atoms with van der Waals surface area (Å²) < 4.78 is 59.5. The van der Waals surface area contributed by atoms with Gasteiger partial charge in [-0.3, -0.25) is 0 Å². The predicted octanol–water partition coefficient (Wildman–Crippen LogP) is 3.28. The quantitative estimate of drug-likeness (QED) is 0.561. The summed E-state index contributed by atoms with van der Waals surface area (Å²) in [6, 6.07) is 3.95. The Bertz CT molecular complexity index is 424. The number of ether oxygens (including phenoxy) is 2. The van der Waals surface area contributed by atoms with E-state index in [9.17, 15) is 17.6 Å². The van der Waals surface area contributed by atoms with Gasteiger partial charge in [-0.1, -0.05) is 0 Å². The van der Waals surface area contributed by atoms with E-state index in [2.05, 4.69) is 5.32 Å². The van der Waals surface area contributed by atoms with Gasteiger partial charge in [-0.15, -0.1) is 0 Å². The minimum atomic E-state index is -4.18. The van der Waals surface area contributed by atoms with Gasteiger partial charge in [0.05, 0.1) is 13.2 Å². The molecular formula is C14H19F4NO2. The summed E-state index contributed by atoms with van der Waals surface area (Å²) in [5.74, 6) is -0.0234. The molecule has 0 aliphatic carbocycles. The van der Waals surface area contributed by atoms with Crippen molar-refractivity contribution in [2.24, 2.45) is 0 Å². The summed E-state index contributed by atoms with van der Waals surface area (Å²) >= 11 is 0. The van der Waals surface area contributed by atoms with Crippen LogP contribution in [0.15, 0.2) is 18.2 Å². The van der Waals surface area contributed by atoms with Crippen molar-refractivity contribution in [3.8, 4) is 5.75 Å². The number of alkyl halides is 3. The molecule has 0 spiro atoms. The molecule has 0 fully saturated rings. The van der Waals surface area contributed by atoms with E-state index in [1.165, 1.54) is 18.2 Å². The van der Waals surface area contributed by atoms with E-state index in [4.69, 9.17) is 9.47 Å². The van der Waals surface area contributed by atoms with Crippen LogP contribution < -0.4 is 10.1 Å². The lowest BCUT2D eigenvalue weighted by Gasteiger charge is -2.13. The molecule has 0 aromatic heterocycles. The van der Waals surface area contributed by atoms with Crippen LogP contribution in [0.5, 0.6) is 5.75 Å². The van der Waals surface area contributed by atoms with Crippen LogP contribution >= 0.6 is 0 Å². The van der Waals surface area contributed by atoms with E-state index in [0.717, 1.165) is 0 Å². The van der Waals surface area contributed by atoms with E-state index in [1.807, 2.05) is 0 Å². The van der Waals surface area contributed by atoms with Gasteiger partial charge in [0, 0.05) is 32.2 Å². The molecule has 1 rings (SSSR count). The van der Waals surface area contributed by atoms with Gasteiger partial charge in [0.2, 0.25) is 0 Å². The van der Waals surface area contributed by atoms with Gasteiger partial charge in [-0.2, -0.15) is 13.2 Å². The first-order valence-electron chi connectivity index (χ1n) is 6.60. The van der Waals surface area contributed by atoms with Crippen LogP contribution in [0.3, 0.4) is 0 Å². The SMILES string of the molecule is COCCNCc1cc(F)ccc1OCCCC(F)(F)F. The minimum Gasteiger partial charge on any atom is -0.493 e. The average Bonchev–Trinajstić information content (AvgIpc) is 2.40. The third-order valence-electron chi connectivity index (χ3n) is 2.68. The van der Waals surface area contributed by atoms with Crippen LogP contribution in [-0.2, 0) is 11.3 Å². The van der Waals surface area contributed by atoms with Crippen molar-refractivity contribution in [1.29, 1.82) is 0 Å². The van der Waals surface area contributed by atoms with Gasteiger partial charge < -0.3 is 14.8 Å². The Balaban J connectivity index is 2.48. The zero-order valence-corrected chi connectivity index (χ0v) is 11.8. The van der Waals surface area contributed by atoms with Gasteiger partial charge >= 0.3 is 6.18 Å². The molecule has 1 aromatic carbocycles. The highest BCUT2D eigenvalue weighted by molar-refractivity contribution is 5.33. The van der Waals surface area contributed by atoms with Crippen molar-refractivity contribution in [2.45, 2.75) is 25.6 Å². The lowest BCUT2D eigenvalue weighted by Crippen LogP contribution is -2.19. The first kappa shape index (κ1) is 17.7. The Kier molecular flexibility index (Phi) is 7.45. The van der Waals surface area contributed by atoms with Crippen LogP contribution in [0.25, 0.3) is 0 Å². The number of hydrogen-bond acceptors (Lipinski definition) is 3. The molecule has 0 saturated carbocycles. The Morgan fingerprint density at radius 3 is 2.62 bits per heavy atom. The monoisotopic (exact) mass is 309 g/mol. The maximum atomic E-state index is 13.2. The molecule has 1 N–H and O–H groups in total. The molecule has 7 heteroatoms. The topological polar surface area (TPSA) is 30.5 Å². The zero-order valence-electron chi connectivity index (χ0n) is 11.8. The molecule has 21 heavy (non-hydrogen) atoms. The second kappa shape index (κ2) is 8.84. The Morgan fingerprint density at radius 2 is 1.95 bits per heavy atom. The van der Waals surface area contributed by atoms with Crippen LogP contribution in [0.4, 0.5) is 17.6 Å². The summed E-state index contributed by atoms with van der Waals surface area (Å²) in [7, 11) is 1.57. The standard InChI is InChI=1S/C14H19F4NO2/c1-20-8-6-19-10-11-9-12(15)3-4-13(11)21-7-2-5-14(16,17)18/h3-4,9,19H,2,5-8,10H2,1H3. The summed E-state index contributed by atoms with van der Waals surface area (Å²) in [5.41, 5.74) is 0.568.